The molecule has 2 amide bonds. The summed E-state index contributed by atoms with van der Waals surface area (Å²) in [5.41, 5.74) is 3.55. The Labute approximate surface area is 251 Å². The van der Waals surface area contributed by atoms with E-state index in [1.807, 2.05) is 24.3 Å². The van der Waals surface area contributed by atoms with Crippen LogP contribution in [0.2, 0.25) is 0 Å². The van der Waals surface area contributed by atoms with Crippen molar-refractivity contribution >= 4 is 17.8 Å². The van der Waals surface area contributed by atoms with Crippen LogP contribution >= 0.6 is 0 Å². The van der Waals surface area contributed by atoms with Gasteiger partial charge in [-0.15, -0.1) is 0 Å². The molecule has 0 radical (unpaired) electrons. The number of hydrogen-bond acceptors (Lipinski definition) is 6. The number of halogens is 1. The van der Waals surface area contributed by atoms with Crippen molar-refractivity contribution in [1.82, 2.24) is 9.80 Å². The molecule has 4 rings (SSSR count). The fraction of sp³-hybridized carbons (Fsp3) is 0.324. The van der Waals surface area contributed by atoms with Gasteiger partial charge in [0.2, 0.25) is 5.91 Å². The summed E-state index contributed by atoms with van der Waals surface area (Å²) in [6, 6.07) is 18.7. The van der Waals surface area contributed by atoms with Crippen LogP contribution in [0.4, 0.5) is 4.39 Å². The topological polar surface area (TPSA) is 85.4 Å². The van der Waals surface area contributed by atoms with Gasteiger partial charge < -0.3 is 24.0 Å². The smallest absolute Gasteiger partial charge is 0.336 e. The maximum Gasteiger partial charge on any atom is 0.336 e. The van der Waals surface area contributed by atoms with Crippen molar-refractivity contribution in [3.8, 4) is 11.5 Å². The first-order chi connectivity index (χ1) is 20.7. The first kappa shape index (κ1) is 31.3. The Morgan fingerprint density at radius 3 is 2.42 bits per heavy atom. The summed E-state index contributed by atoms with van der Waals surface area (Å²) in [5.74, 6) is -0.683. The highest BCUT2D eigenvalue weighted by atomic mass is 19.1. The van der Waals surface area contributed by atoms with E-state index >= 15 is 0 Å². The van der Waals surface area contributed by atoms with Gasteiger partial charge in [-0.3, -0.25) is 9.59 Å². The average molecular weight is 589 g/mol. The van der Waals surface area contributed by atoms with Crippen LogP contribution in [0.5, 0.6) is 11.5 Å². The second kappa shape index (κ2) is 14.0. The van der Waals surface area contributed by atoms with E-state index in [0.29, 0.717) is 46.9 Å². The van der Waals surface area contributed by atoms with E-state index in [-0.39, 0.29) is 31.4 Å². The van der Waals surface area contributed by atoms with Gasteiger partial charge in [-0.25, -0.2) is 9.18 Å². The molecule has 0 fully saturated rings. The Morgan fingerprint density at radius 2 is 1.72 bits per heavy atom. The third kappa shape index (κ3) is 7.23. The molecule has 1 unspecified atom stereocenters. The number of carbonyl (C=O) groups excluding carboxylic acids is 3. The lowest BCUT2D eigenvalue weighted by Gasteiger charge is -2.34. The SMILES string of the molecule is CCOC(=O)C1=C(C)N(Cc2cccc(C(=O)N(C)CCc3ccc(OC)c(OC)c3)c2)C(=O)CC1c1cccc(F)c1. The van der Waals surface area contributed by atoms with Gasteiger partial charge in [-0.05, 0) is 73.4 Å². The number of carbonyl (C=O) groups is 3. The van der Waals surface area contributed by atoms with Crippen LogP contribution in [0.15, 0.2) is 78.0 Å². The third-order valence-electron chi connectivity index (χ3n) is 7.61. The van der Waals surface area contributed by atoms with E-state index in [9.17, 15) is 18.8 Å². The van der Waals surface area contributed by atoms with Crippen molar-refractivity contribution < 1.29 is 33.0 Å². The maximum absolute atomic E-state index is 14.0. The number of nitrogens with zero attached hydrogens (tertiary/aromatic N) is 2. The molecule has 9 heteroatoms. The molecule has 226 valence electrons. The highest BCUT2D eigenvalue weighted by Crippen LogP contribution is 2.38. The van der Waals surface area contributed by atoms with E-state index in [1.165, 1.54) is 17.0 Å². The molecule has 3 aromatic carbocycles. The zero-order valence-electron chi connectivity index (χ0n) is 25.2. The molecule has 1 aliphatic heterocycles. The summed E-state index contributed by atoms with van der Waals surface area (Å²) in [6.45, 7) is 4.23. The molecule has 43 heavy (non-hydrogen) atoms. The van der Waals surface area contributed by atoms with Crippen LogP contribution in [0.25, 0.3) is 0 Å². The Morgan fingerprint density at radius 1 is 0.977 bits per heavy atom. The van der Waals surface area contributed by atoms with Gasteiger partial charge >= 0.3 is 5.97 Å². The van der Waals surface area contributed by atoms with Crippen LogP contribution in [-0.4, -0.2) is 62.0 Å². The summed E-state index contributed by atoms with van der Waals surface area (Å²) in [5, 5.41) is 0. The number of allylic oxidation sites excluding steroid dienone is 1. The number of methoxy groups -OCH3 is 2. The normalized spacial score (nSPS) is 14.9. The van der Waals surface area contributed by atoms with Gasteiger partial charge in [0.05, 0.1) is 32.9 Å². The molecule has 1 heterocycles. The molecule has 0 spiro atoms. The highest BCUT2D eigenvalue weighted by Gasteiger charge is 2.37. The zero-order chi connectivity index (χ0) is 31.1. The molecule has 1 atom stereocenters. The largest absolute Gasteiger partial charge is 0.493 e. The molecule has 0 bridgehead atoms. The number of ether oxygens (including phenoxy) is 3. The molecule has 3 aromatic rings. The molecule has 0 saturated carbocycles. The summed E-state index contributed by atoms with van der Waals surface area (Å²) in [6.07, 6.45) is 0.615. The van der Waals surface area contributed by atoms with Gasteiger partial charge in [0.15, 0.2) is 11.5 Å². The van der Waals surface area contributed by atoms with Gasteiger partial charge in [-0.1, -0.05) is 30.3 Å². The standard InChI is InChI=1S/C34H37FN2O6/c1-6-43-34(40)32-22(2)37(31(38)20-28(32)25-10-8-12-27(35)19-25)21-24-9-7-11-26(17-24)33(39)36(3)16-15-23-13-14-29(41-4)30(18-23)42-5/h7-14,17-19,28H,6,15-16,20-21H2,1-5H3. The van der Waals surface area contributed by atoms with Crippen molar-refractivity contribution in [1.29, 1.82) is 0 Å². The van der Waals surface area contributed by atoms with Crippen LogP contribution in [0.3, 0.4) is 0 Å². The van der Waals surface area contributed by atoms with Crippen molar-refractivity contribution in [3.63, 3.8) is 0 Å². The van der Waals surface area contributed by atoms with Crippen LogP contribution < -0.4 is 9.47 Å². The molecule has 0 saturated heterocycles. The minimum atomic E-state index is -0.620. The molecular formula is C34H37FN2O6. The minimum Gasteiger partial charge on any atom is -0.493 e. The first-order valence-electron chi connectivity index (χ1n) is 14.2. The van der Waals surface area contributed by atoms with Crippen molar-refractivity contribution in [2.24, 2.45) is 0 Å². The van der Waals surface area contributed by atoms with Crippen molar-refractivity contribution in [2.75, 3.05) is 34.4 Å². The van der Waals surface area contributed by atoms with E-state index in [2.05, 4.69) is 0 Å². The number of likely N-dealkylation sites (N-methyl/N-ethyl adjacent to an activating group) is 1. The Kier molecular flexibility index (Phi) is 10.2. The number of amides is 2. The number of hydrogen-bond donors (Lipinski definition) is 0. The second-order valence-corrected chi connectivity index (χ2v) is 10.4. The van der Waals surface area contributed by atoms with Gasteiger partial charge in [0, 0.05) is 37.2 Å². The van der Waals surface area contributed by atoms with E-state index in [4.69, 9.17) is 14.2 Å². The van der Waals surface area contributed by atoms with Crippen molar-refractivity contribution in [2.45, 2.75) is 39.2 Å². The molecule has 0 aliphatic carbocycles. The fourth-order valence-corrected chi connectivity index (χ4v) is 5.33. The highest BCUT2D eigenvalue weighted by molar-refractivity contribution is 5.96. The minimum absolute atomic E-state index is 0.00749. The molecule has 0 aromatic heterocycles. The van der Waals surface area contributed by atoms with E-state index in [0.717, 1.165) is 11.1 Å². The lowest BCUT2D eigenvalue weighted by molar-refractivity contribution is -0.140. The summed E-state index contributed by atoms with van der Waals surface area (Å²) < 4.78 is 30.0. The Hall–Kier alpha value is -4.66. The van der Waals surface area contributed by atoms with Gasteiger partial charge in [-0.2, -0.15) is 0 Å². The average Bonchev–Trinajstić information content (AvgIpc) is 3.01. The lowest BCUT2D eigenvalue weighted by Crippen LogP contribution is -2.38. The molecule has 1 aliphatic rings. The Bertz CT molecular complexity index is 1530. The molecular weight excluding hydrogens is 551 g/mol. The predicted molar refractivity (Wildman–Crippen MR) is 160 cm³/mol. The monoisotopic (exact) mass is 588 g/mol. The lowest BCUT2D eigenvalue weighted by atomic mass is 9.83. The molecule has 0 N–H and O–H groups in total. The van der Waals surface area contributed by atoms with E-state index < -0.39 is 17.7 Å². The third-order valence-corrected chi connectivity index (χ3v) is 7.61. The maximum atomic E-state index is 14.0. The van der Waals surface area contributed by atoms with Crippen LogP contribution in [0, 0.1) is 5.82 Å². The number of esters is 1. The van der Waals surface area contributed by atoms with Crippen molar-refractivity contribution in [3.05, 3.63) is 106 Å². The van der Waals surface area contributed by atoms with Gasteiger partial charge in [0.1, 0.15) is 5.82 Å². The summed E-state index contributed by atoms with van der Waals surface area (Å²) >= 11 is 0. The van der Waals surface area contributed by atoms with Crippen LogP contribution in [-0.2, 0) is 27.3 Å². The summed E-state index contributed by atoms with van der Waals surface area (Å²) in [4.78, 5) is 42.9. The zero-order valence-corrected chi connectivity index (χ0v) is 25.2. The van der Waals surface area contributed by atoms with E-state index in [1.54, 1.807) is 70.3 Å². The number of benzene rings is 3. The Balaban J connectivity index is 1.52. The second-order valence-electron chi connectivity index (χ2n) is 10.4. The fourth-order valence-electron chi connectivity index (χ4n) is 5.33. The molecule has 8 nitrogen and oxygen atoms in total. The summed E-state index contributed by atoms with van der Waals surface area (Å²) in [7, 11) is 4.91. The quantitative estimate of drug-likeness (QED) is 0.275. The van der Waals surface area contributed by atoms with Crippen LogP contribution in [0.1, 0.15) is 53.2 Å². The van der Waals surface area contributed by atoms with Gasteiger partial charge in [0.25, 0.3) is 5.91 Å². The first-order valence-corrected chi connectivity index (χ1v) is 14.2. The number of rotatable bonds is 11. The predicted octanol–water partition coefficient (Wildman–Crippen LogP) is 5.51.